The molecule has 0 aliphatic heterocycles. The van der Waals surface area contributed by atoms with Crippen LogP contribution < -0.4 is 15.1 Å². The van der Waals surface area contributed by atoms with Crippen LogP contribution in [-0.4, -0.2) is 18.2 Å². The third-order valence-corrected chi connectivity index (χ3v) is 4.03. The van der Waals surface area contributed by atoms with Gasteiger partial charge in [-0.3, -0.25) is 0 Å². The summed E-state index contributed by atoms with van der Waals surface area (Å²) in [6.45, 7) is 5.08. The Morgan fingerprint density at radius 1 is 1.15 bits per heavy atom. The average molecular weight is 386 g/mol. The van der Waals surface area contributed by atoms with Gasteiger partial charge in [-0.05, 0) is 49.2 Å². The smallest absolute Gasteiger partial charge is 0.347 e. The van der Waals surface area contributed by atoms with E-state index in [0.717, 1.165) is 12.0 Å². The first kappa shape index (κ1) is 19.0. The number of fused-ring (bicyclic) bond motifs is 1. The van der Waals surface area contributed by atoms with Crippen LogP contribution in [0, 0.1) is 0 Å². The summed E-state index contributed by atoms with van der Waals surface area (Å²) in [6, 6.07) is 12.5. The summed E-state index contributed by atoms with van der Waals surface area (Å²) in [6.07, 6.45) is 2.58. The Balaban J connectivity index is 1.96. The molecule has 0 saturated carbocycles. The van der Waals surface area contributed by atoms with Crippen molar-refractivity contribution < 1.29 is 13.9 Å². The summed E-state index contributed by atoms with van der Waals surface area (Å²) >= 11 is 6.36. The molecule has 0 bridgehead atoms. The van der Waals surface area contributed by atoms with Gasteiger partial charge in [0.05, 0.1) is 24.1 Å². The van der Waals surface area contributed by atoms with Crippen LogP contribution in [0.4, 0.5) is 0 Å². The van der Waals surface area contributed by atoms with Crippen LogP contribution in [0.5, 0.6) is 11.5 Å². The quantitative estimate of drug-likeness (QED) is 0.565. The van der Waals surface area contributed by atoms with E-state index < -0.39 is 5.63 Å². The molecule has 6 heteroatoms. The van der Waals surface area contributed by atoms with Crippen LogP contribution >= 0.6 is 11.6 Å². The van der Waals surface area contributed by atoms with Crippen molar-refractivity contribution in [3.8, 4) is 11.5 Å². The molecule has 1 aromatic heterocycles. The second-order valence-electron chi connectivity index (χ2n) is 5.80. The fourth-order valence-electron chi connectivity index (χ4n) is 2.54. The van der Waals surface area contributed by atoms with E-state index in [1.165, 1.54) is 0 Å². The maximum absolute atomic E-state index is 12.1. The van der Waals surface area contributed by atoms with Crippen molar-refractivity contribution in [3.05, 3.63) is 64.3 Å². The first-order valence-electron chi connectivity index (χ1n) is 8.79. The van der Waals surface area contributed by atoms with Crippen LogP contribution in [0.25, 0.3) is 22.0 Å². The molecule has 27 heavy (non-hydrogen) atoms. The minimum atomic E-state index is -0.472. The summed E-state index contributed by atoms with van der Waals surface area (Å²) in [5, 5.41) is 0.643. The Labute approximate surface area is 162 Å². The van der Waals surface area contributed by atoms with E-state index in [-0.39, 0.29) is 10.9 Å². The monoisotopic (exact) mass is 385 g/mol. The molecule has 0 atom stereocenters. The zero-order valence-corrected chi connectivity index (χ0v) is 16.0. The topological polar surface area (TPSA) is 61.6 Å². The summed E-state index contributed by atoms with van der Waals surface area (Å²) in [5.41, 5.74) is 0.846. The van der Waals surface area contributed by atoms with Gasteiger partial charge in [0.15, 0.2) is 11.5 Å². The molecule has 1 heterocycles. The molecule has 2 aromatic carbocycles. The summed E-state index contributed by atoms with van der Waals surface area (Å²) in [7, 11) is 0. The van der Waals surface area contributed by atoms with E-state index >= 15 is 0 Å². The minimum absolute atomic E-state index is 0.0737. The summed E-state index contributed by atoms with van der Waals surface area (Å²) in [4.78, 5) is 16.4. The molecule has 3 aromatic rings. The first-order valence-corrected chi connectivity index (χ1v) is 9.17. The van der Waals surface area contributed by atoms with Crippen molar-refractivity contribution in [2.24, 2.45) is 0 Å². The van der Waals surface area contributed by atoms with Crippen molar-refractivity contribution in [2.45, 2.75) is 20.3 Å². The van der Waals surface area contributed by atoms with Gasteiger partial charge in [-0.1, -0.05) is 36.7 Å². The zero-order valence-electron chi connectivity index (χ0n) is 15.2. The van der Waals surface area contributed by atoms with Crippen LogP contribution in [0.3, 0.4) is 0 Å². The number of hydrogen-bond acceptors (Lipinski definition) is 5. The number of aromatic nitrogens is 1. The number of ether oxygens (including phenoxy) is 2. The summed E-state index contributed by atoms with van der Waals surface area (Å²) in [5.74, 6) is 1.39. The Hall–Kier alpha value is -2.79. The number of hydrogen-bond donors (Lipinski definition) is 0. The molecule has 0 aliphatic rings. The van der Waals surface area contributed by atoms with Crippen LogP contribution in [0.2, 0.25) is 0 Å². The van der Waals surface area contributed by atoms with Crippen LogP contribution in [0.15, 0.2) is 51.7 Å². The number of benzene rings is 2. The van der Waals surface area contributed by atoms with Crippen molar-refractivity contribution in [3.63, 3.8) is 0 Å². The molecule has 0 spiro atoms. The molecule has 0 unspecified atom stereocenters. The van der Waals surface area contributed by atoms with Crippen molar-refractivity contribution in [1.29, 1.82) is 0 Å². The van der Waals surface area contributed by atoms with Crippen LogP contribution in [0.1, 0.15) is 31.7 Å². The van der Waals surface area contributed by atoms with E-state index in [4.69, 9.17) is 25.5 Å². The molecule has 0 aliphatic carbocycles. The number of nitrogens with zero attached hydrogens (tertiary/aromatic N) is 1. The molecular formula is C21H20ClNO4. The van der Waals surface area contributed by atoms with E-state index in [1.54, 1.807) is 30.3 Å². The highest BCUT2D eigenvalue weighted by molar-refractivity contribution is 6.50. The molecule has 3 rings (SSSR count). The van der Waals surface area contributed by atoms with Crippen LogP contribution in [-0.2, 0) is 0 Å². The second-order valence-corrected chi connectivity index (χ2v) is 6.21. The highest BCUT2D eigenvalue weighted by Gasteiger charge is 2.11. The van der Waals surface area contributed by atoms with E-state index in [2.05, 4.69) is 4.98 Å². The van der Waals surface area contributed by atoms with Gasteiger partial charge in [-0.15, -0.1) is 0 Å². The normalized spacial score (nSPS) is 11.6. The highest BCUT2D eigenvalue weighted by atomic mass is 35.5. The van der Waals surface area contributed by atoms with Gasteiger partial charge in [0.2, 0.25) is 5.89 Å². The van der Waals surface area contributed by atoms with E-state index in [9.17, 15) is 4.79 Å². The van der Waals surface area contributed by atoms with Gasteiger partial charge in [0.25, 0.3) is 0 Å². The first-order chi connectivity index (χ1) is 13.1. The molecule has 0 fully saturated rings. The maximum atomic E-state index is 12.1. The molecular weight excluding hydrogens is 366 g/mol. The molecule has 0 saturated heterocycles. The van der Waals surface area contributed by atoms with Crippen molar-refractivity contribution >= 4 is 33.6 Å². The average Bonchev–Trinajstić information content (AvgIpc) is 2.67. The lowest BCUT2D eigenvalue weighted by Gasteiger charge is -2.12. The standard InChI is InChI=1S/C21H20ClNO4/c1-3-11-26-18-10-9-14(13-19(18)25-4-2)12-16(22)20-23-17-8-6-5-7-15(17)21(24)27-20/h5-10,12-13H,3-4,11H2,1-2H3/b16-12-. The lowest BCUT2D eigenvalue weighted by Crippen LogP contribution is -2.03. The molecule has 0 N–H and O–H groups in total. The second kappa shape index (κ2) is 8.73. The number of rotatable bonds is 7. The van der Waals surface area contributed by atoms with Gasteiger partial charge >= 0.3 is 5.63 Å². The fraction of sp³-hybridized carbons (Fsp3) is 0.238. The van der Waals surface area contributed by atoms with Gasteiger partial charge in [-0.25, -0.2) is 9.78 Å². The Kier molecular flexibility index (Phi) is 6.14. The van der Waals surface area contributed by atoms with Gasteiger partial charge < -0.3 is 13.9 Å². The maximum Gasteiger partial charge on any atom is 0.347 e. The third-order valence-electron chi connectivity index (χ3n) is 3.76. The third kappa shape index (κ3) is 4.49. The van der Waals surface area contributed by atoms with Gasteiger partial charge in [0.1, 0.15) is 5.03 Å². The fourth-order valence-corrected chi connectivity index (χ4v) is 2.75. The van der Waals surface area contributed by atoms with Crippen molar-refractivity contribution in [2.75, 3.05) is 13.2 Å². The highest BCUT2D eigenvalue weighted by Crippen LogP contribution is 2.31. The number of para-hydroxylation sites is 1. The van der Waals surface area contributed by atoms with E-state index in [1.807, 2.05) is 32.0 Å². The Morgan fingerprint density at radius 3 is 2.74 bits per heavy atom. The largest absolute Gasteiger partial charge is 0.490 e. The minimum Gasteiger partial charge on any atom is -0.490 e. The molecule has 0 amide bonds. The zero-order chi connectivity index (χ0) is 19.2. The lowest BCUT2D eigenvalue weighted by atomic mass is 10.2. The predicted octanol–water partition coefficient (Wildman–Crippen LogP) is 5.11. The van der Waals surface area contributed by atoms with E-state index in [0.29, 0.717) is 35.6 Å². The van der Waals surface area contributed by atoms with Gasteiger partial charge in [0, 0.05) is 0 Å². The molecule has 140 valence electrons. The molecule has 5 nitrogen and oxygen atoms in total. The number of halogens is 1. The van der Waals surface area contributed by atoms with Gasteiger partial charge in [-0.2, -0.15) is 0 Å². The SMILES string of the molecule is CCCOc1ccc(/C=C(\Cl)c2nc3ccccc3c(=O)o2)cc1OCC. The lowest BCUT2D eigenvalue weighted by molar-refractivity contribution is 0.277. The van der Waals surface area contributed by atoms with Crippen molar-refractivity contribution in [1.82, 2.24) is 4.98 Å². The Bertz CT molecular complexity index is 1030. The molecule has 0 radical (unpaired) electrons. The Morgan fingerprint density at radius 2 is 1.96 bits per heavy atom. The predicted molar refractivity (Wildman–Crippen MR) is 107 cm³/mol. The summed E-state index contributed by atoms with van der Waals surface area (Å²) < 4.78 is 16.6.